The molecule has 4 aromatic rings. The molecule has 0 aliphatic heterocycles. The van der Waals surface area contributed by atoms with Crippen LogP contribution in [0.3, 0.4) is 0 Å². The summed E-state index contributed by atoms with van der Waals surface area (Å²) in [6.07, 6.45) is -1.21. The zero-order chi connectivity index (χ0) is 47.0. The maximum atomic E-state index is 14.4. The zero-order valence-corrected chi connectivity index (χ0v) is 37.5. The van der Waals surface area contributed by atoms with Crippen molar-refractivity contribution in [2.24, 2.45) is 5.92 Å². The minimum absolute atomic E-state index is 0.0101. The van der Waals surface area contributed by atoms with Gasteiger partial charge in [0.1, 0.15) is 30.3 Å². The fourth-order valence-electron chi connectivity index (χ4n) is 6.11. The van der Waals surface area contributed by atoms with E-state index in [9.17, 15) is 37.2 Å². The van der Waals surface area contributed by atoms with Gasteiger partial charge in [0.2, 0.25) is 17.7 Å². The highest BCUT2D eigenvalue weighted by molar-refractivity contribution is 7.94. The quantitative estimate of drug-likeness (QED) is 0.0499. The van der Waals surface area contributed by atoms with E-state index in [2.05, 4.69) is 32.8 Å². The predicted octanol–water partition coefficient (Wildman–Crippen LogP) is 5.37. The smallest absolute Gasteiger partial charge is 0.408 e. The van der Waals surface area contributed by atoms with Crippen LogP contribution in [0.25, 0.3) is 10.9 Å². The van der Waals surface area contributed by atoms with Crippen LogP contribution in [0.5, 0.6) is 0 Å². The van der Waals surface area contributed by atoms with E-state index in [-0.39, 0.29) is 23.7 Å². The molecule has 0 aliphatic carbocycles. The second kappa shape index (κ2) is 23.0. The molecule has 3 aromatic carbocycles. The molecule has 0 bridgehead atoms. The van der Waals surface area contributed by atoms with Crippen LogP contribution >= 0.6 is 0 Å². The molecule has 0 saturated carbocycles. The number of nitrogens with one attached hydrogen (secondary N) is 4. The van der Waals surface area contributed by atoms with Crippen molar-refractivity contribution >= 4 is 56.5 Å². The Bertz CT molecular complexity index is 2440. The highest BCUT2D eigenvalue weighted by atomic mass is 32.2. The van der Waals surface area contributed by atoms with Crippen molar-refractivity contribution in [3.05, 3.63) is 132 Å². The Labute approximate surface area is 373 Å². The Morgan fingerprint density at radius 1 is 0.734 bits per heavy atom. The molecule has 4 atom stereocenters. The van der Waals surface area contributed by atoms with Gasteiger partial charge in [-0.1, -0.05) is 93.2 Å². The van der Waals surface area contributed by atoms with Gasteiger partial charge in [0.15, 0.2) is 9.84 Å². The first-order valence-electron chi connectivity index (χ1n) is 20.5. The van der Waals surface area contributed by atoms with Gasteiger partial charge < -0.3 is 35.5 Å². The van der Waals surface area contributed by atoms with E-state index in [0.717, 1.165) is 16.9 Å². The lowest BCUT2D eigenvalue weighted by molar-refractivity contribution is -0.155. The van der Waals surface area contributed by atoms with Gasteiger partial charge in [-0.3, -0.25) is 29.0 Å². The van der Waals surface area contributed by atoms with Crippen LogP contribution in [-0.2, 0) is 61.0 Å². The zero-order valence-electron chi connectivity index (χ0n) is 36.7. The number of carbonyl (C=O) groups excluding carboxylic acids is 6. The monoisotopic (exact) mass is 897 g/mol. The molecule has 0 unspecified atom stereocenters. The lowest BCUT2D eigenvalue weighted by atomic mass is 10.0. The lowest BCUT2D eigenvalue weighted by Gasteiger charge is -2.28. The largest absolute Gasteiger partial charge is 0.460 e. The number of benzene rings is 3. The molecule has 0 aliphatic rings. The third-order valence-corrected chi connectivity index (χ3v) is 10.6. The standard InChI is InChI=1S/C47H55N5O11S/c1-30(2)42(45(57)49-35(27-41(54)63-47(5,6)7)24-25-64(59,60)36-19-12-9-13-20-36)52-44(56)38(26-34-23-22-33-18-14-15-21-37(33)48-34)50-43(55)39(28-40(53)62-31(3)4)51-46(58)61-29-32-16-10-8-11-17-32/h8-25,30,35,38-39,42H,3,26-29H2,1-2,4-7H3,(H,49,57)(H,50,55)(H,51,58)(H,52,56)/b25-24+/t35-,38+,39+,42+/m1/s1. The van der Waals surface area contributed by atoms with Crippen LogP contribution in [0.2, 0.25) is 0 Å². The number of fused-ring (bicyclic) bond motifs is 1. The van der Waals surface area contributed by atoms with E-state index in [4.69, 9.17) is 14.2 Å². The number of para-hydroxylation sites is 1. The van der Waals surface area contributed by atoms with Crippen LogP contribution in [0.4, 0.5) is 4.79 Å². The van der Waals surface area contributed by atoms with Gasteiger partial charge in [-0.05, 0) is 69.5 Å². The van der Waals surface area contributed by atoms with Gasteiger partial charge in [-0.15, -0.1) is 0 Å². The van der Waals surface area contributed by atoms with E-state index in [1.807, 2.05) is 12.1 Å². The molecular formula is C47H55N5O11S. The number of sulfone groups is 1. The summed E-state index contributed by atoms with van der Waals surface area (Å²) < 4.78 is 42.1. The van der Waals surface area contributed by atoms with Gasteiger partial charge in [0.25, 0.3) is 0 Å². The second-order valence-electron chi connectivity index (χ2n) is 16.2. The minimum Gasteiger partial charge on any atom is -0.460 e. The minimum atomic E-state index is -4.00. The number of nitrogens with zero attached hydrogens (tertiary/aromatic N) is 1. The summed E-state index contributed by atoms with van der Waals surface area (Å²) in [4.78, 5) is 85.9. The van der Waals surface area contributed by atoms with E-state index < -0.39 is 94.1 Å². The van der Waals surface area contributed by atoms with Crippen molar-refractivity contribution in [2.45, 2.75) is 102 Å². The van der Waals surface area contributed by atoms with Crippen LogP contribution in [0.15, 0.2) is 126 Å². The topological polar surface area (TPSA) is 225 Å². The summed E-state index contributed by atoms with van der Waals surface area (Å²) in [5.74, 6) is -4.79. The van der Waals surface area contributed by atoms with Crippen LogP contribution in [0, 0.1) is 5.92 Å². The Hall–Kier alpha value is -6.88. The Kier molecular flexibility index (Phi) is 17.9. The molecule has 340 valence electrons. The highest BCUT2D eigenvalue weighted by Crippen LogP contribution is 2.17. The van der Waals surface area contributed by atoms with Crippen LogP contribution in [0.1, 0.15) is 65.6 Å². The molecule has 1 aromatic heterocycles. The Balaban J connectivity index is 1.63. The number of ether oxygens (including phenoxy) is 3. The number of pyridine rings is 1. The molecule has 64 heavy (non-hydrogen) atoms. The van der Waals surface area contributed by atoms with E-state index in [1.165, 1.54) is 19.1 Å². The Morgan fingerprint density at radius 2 is 1.36 bits per heavy atom. The third-order valence-electron chi connectivity index (χ3n) is 9.13. The number of carbonyl (C=O) groups is 6. The summed E-state index contributed by atoms with van der Waals surface area (Å²) in [7, 11) is -4.00. The normalized spacial score (nSPS) is 13.5. The van der Waals surface area contributed by atoms with Crippen molar-refractivity contribution in [1.82, 2.24) is 26.3 Å². The number of allylic oxidation sites excluding steroid dienone is 1. The summed E-state index contributed by atoms with van der Waals surface area (Å²) in [6.45, 7) is 13.1. The van der Waals surface area contributed by atoms with Crippen molar-refractivity contribution in [3.63, 3.8) is 0 Å². The predicted molar refractivity (Wildman–Crippen MR) is 238 cm³/mol. The molecule has 0 saturated heterocycles. The van der Waals surface area contributed by atoms with Crippen LogP contribution in [-0.4, -0.2) is 78.9 Å². The number of esters is 2. The highest BCUT2D eigenvalue weighted by Gasteiger charge is 2.34. The molecule has 0 radical (unpaired) electrons. The maximum absolute atomic E-state index is 14.4. The summed E-state index contributed by atoms with van der Waals surface area (Å²) in [5, 5.41) is 12.1. The Morgan fingerprint density at radius 3 is 2.00 bits per heavy atom. The first kappa shape index (κ1) is 49.8. The SMILES string of the molecule is C=C(C)OC(=O)C[C@H](NC(=O)OCc1ccccc1)C(=O)N[C@@H](Cc1ccc2ccccc2n1)C(=O)N[C@H](C(=O)N[C@H](/C=C/S(=O)(=O)c1ccccc1)CC(=O)OC(C)(C)C)C(C)C. The molecule has 0 fully saturated rings. The average Bonchev–Trinajstić information content (AvgIpc) is 3.23. The molecule has 17 heteroatoms. The second-order valence-corrected chi connectivity index (χ2v) is 18.1. The molecule has 1 heterocycles. The fraction of sp³-hybridized carbons (Fsp3) is 0.340. The van der Waals surface area contributed by atoms with Crippen molar-refractivity contribution < 1.29 is 51.4 Å². The van der Waals surface area contributed by atoms with Crippen LogP contribution < -0.4 is 21.3 Å². The van der Waals surface area contributed by atoms with Gasteiger partial charge >= 0.3 is 18.0 Å². The molecule has 4 N–H and O–H groups in total. The third kappa shape index (κ3) is 16.4. The first-order chi connectivity index (χ1) is 30.2. The molecule has 4 amide bonds. The van der Waals surface area contributed by atoms with Crippen molar-refractivity contribution in [2.75, 3.05) is 0 Å². The lowest BCUT2D eigenvalue weighted by Crippen LogP contribution is -2.59. The van der Waals surface area contributed by atoms with Crippen molar-refractivity contribution in [3.8, 4) is 0 Å². The number of alkyl carbamates (subject to hydrolysis) is 1. The van der Waals surface area contributed by atoms with Gasteiger partial charge in [0.05, 0.1) is 35.1 Å². The summed E-state index contributed by atoms with van der Waals surface area (Å²) in [5.41, 5.74) is 0.751. The molecule has 4 rings (SSSR count). The average molecular weight is 898 g/mol. The number of hydrogen-bond donors (Lipinski definition) is 4. The number of aromatic nitrogens is 1. The number of hydrogen-bond acceptors (Lipinski definition) is 12. The molecule has 16 nitrogen and oxygen atoms in total. The van der Waals surface area contributed by atoms with E-state index in [1.54, 1.807) is 107 Å². The van der Waals surface area contributed by atoms with E-state index in [0.29, 0.717) is 16.8 Å². The van der Waals surface area contributed by atoms with Gasteiger partial charge in [-0.2, -0.15) is 0 Å². The van der Waals surface area contributed by atoms with Gasteiger partial charge in [0, 0.05) is 22.9 Å². The first-order valence-corrected chi connectivity index (χ1v) is 22.0. The van der Waals surface area contributed by atoms with Gasteiger partial charge in [-0.25, -0.2) is 13.2 Å². The number of rotatable bonds is 20. The maximum Gasteiger partial charge on any atom is 0.408 e. The van der Waals surface area contributed by atoms with E-state index >= 15 is 0 Å². The summed E-state index contributed by atoms with van der Waals surface area (Å²) in [6, 6.07) is 21.4. The molecule has 0 spiro atoms. The fourth-order valence-corrected chi connectivity index (χ4v) is 7.20. The van der Waals surface area contributed by atoms with Crippen molar-refractivity contribution in [1.29, 1.82) is 0 Å². The summed E-state index contributed by atoms with van der Waals surface area (Å²) >= 11 is 0. The number of amides is 4. The molecular weight excluding hydrogens is 843 g/mol.